The van der Waals surface area contributed by atoms with E-state index < -0.39 is 0 Å². The zero-order chi connectivity index (χ0) is 13.5. The van der Waals surface area contributed by atoms with E-state index in [1.165, 1.54) is 25.7 Å². The highest BCUT2D eigenvalue weighted by Crippen LogP contribution is 2.47. The SMILES string of the molecule is CCC1CCCC2(C1)C[C@H](N)c1ccc(Br)cc1O2. The van der Waals surface area contributed by atoms with Gasteiger partial charge in [-0.3, -0.25) is 0 Å². The number of halogens is 1. The normalized spacial score (nSPS) is 33.8. The highest BCUT2D eigenvalue weighted by atomic mass is 79.9. The fourth-order valence-electron chi connectivity index (χ4n) is 3.76. The van der Waals surface area contributed by atoms with Gasteiger partial charge in [0.1, 0.15) is 11.4 Å². The first kappa shape index (κ1) is 13.4. The summed E-state index contributed by atoms with van der Waals surface area (Å²) in [5.74, 6) is 1.79. The Hall–Kier alpha value is -0.540. The maximum absolute atomic E-state index is 6.43. The van der Waals surface area contributed by atoms with Crippen molar-refractivity contribution in [3.8, 4) is 5.75 Å². The number of nitrogens with two attached hydrogens (primary N) is 1. The molecular formula is C16H22BrNO. The molecule has 1 saturated carbocycles. The summed E-state index contributed by atoms with van der Waals surface area (Å²) < 4.78 is 7.50. The van der Waals surface area contributed by atoms with Gasteiger partial charge in [0.05, 0.1) is 0 Å². The molecule has 1 fully saturated rings. The highest BCUT2D eigenvalue weighted by molar-refractivity contribution is 9.10. The van der Waals surface area contributed by atoms with Gasteiger partial charge in [0.2, 0.25) is 0 Å². The zero-order valence-electron chi connectivity index (χ0n) is 11.5. The molecule has 0 amide bonds. The van der Waals surface area contributed by atoms with Gasteiger partial charge >= 0.3 is 0 Å². The fraction of sp³-hybridized carbons (Fsp3) is 0.625. The van der Waals surface area contributed by atoms with Crippen LogP contribution >= 0.6 is 15.9 Å². The van der Waals surface area contributed by atoms with E-state index in [-0.39, 0.29) is 11.6 Å². The Balaban J connectivity index is 1.90. The van der Waals surface area contributed by atoms with E-state index in [0.717, 1.165) is 34.5 Å². The van der Waals surface area contributed by atoms with Crippen LogP contribution in [0.3, 0.4) is 0 Å². The maximum Gasteiger partial charge on any atom is 0.126 e. The number of benzene rings is 1. The minimum Gasteiger partial charge on any atom is -0.487 e. The molecule has 2 unspecified atom stereocenters. The van der Waals surface area contributed by atoms with Crippen LogP contribution < -0.4 is 10.5 Å². The third kappa shape index (κ3) is 2.55. The lowest BCUT2D eigenvalue weighted by Gasteiger charge is -2.46. The van der Waals surface area contributed by atoms with Crippen LogP contribution in [0.4, 0.5) is 0 Å². The minimum absolute atomic E-state index is 0.00780. The van der Waals surface area contributed by atoms with Crippen LogP contribution in [0.2, 0.25) is 0 Å². The van der Waals surface area contributed by atoms with Gasteiger partial charge in [-0.2, -0.15) is 0 Å². The first-order valence-electron chi connectivity index (χ1n) is 7.36. The molecule has 1 aliphatic heterocycles. The van der Waals surface area contributed by atoms with Crippen molar-refractivity contribution in [1.29, 1.82) is 0 Å². The molecule has 1 aromatic rings. The Morgan fingerprint density at radius 3 is 3.05 bits per heavy atom. The van der Waals surface area contributed by atoms with Crippen molar-refractivity contribution in [3.05, 3.63) is 28.2 Å². The van der Waals surface area contributed by atoms with Gasteiger partial charge in [-0.15, -0.1) is 0 Å². The number of fused-ring (bicyclic) bond motifs is 1. The molecule has 1 aliphatic carbocycles. The summed E-state index contributed by atoms with van der Waals surface area (Å²) >= 11 is 3.53. The molecule has 104 valence electrons. The summed E-state index contributed by atoms with van der Waals surface area (Å²) in [7, 11) is 0. The number of hydrogen-bond donors (Lipinski definition) is 1. The van der Waals surface area contributed by atoms with E-state index in [1.54, 1.807) is 0 Å². The molecule has 1 spiro atoms. The molecule has 2 nitrogen and oxygen atoms in total. The molecular weight excluding hydrogens is 302 g/mol. The summed E-state index contributed by atoms with van der Waals surface area (Å²) in [5, 5.41) is 0. The average Bonchev–Trinajstić information content (AvgIpc) is 2.38. The van der Waals surface area contributed by atoms with Crippen molar-refractivity contribution in [2.24, 2.45) is 11.7 Å². The van der Waals surface area contributed by atoms with Gasteiger partial charge in [-0.25, -0.2) is 0 Å². The molecule has 0 aromatic heterocycles. The third-order valence-corrected chi connectivity index (χ3v) is 5.27. The highest BCUT2D eigenvalue weighted by Gasteiger charge is 2.43. The molecule has 3 rings (SSSR count). The van der Waals surface area contributed by atoms with E-state index in [1.807, 2.05) is 0 Å². The second-order valence-electron chi connectivity index (χ2n) is 6.15. The molecule has 2 N–H and O–H groups in total. The van der Waals surface area contributed by atoms with Crippen molar-refractivity contribution in [2.75, 3.05) is 0 Å². The van der Waals surface area contributed by atoms with E-state index in [0.29, 0.717) is 0 Å². The van der Waals surface area contributed by atoms with E-state index in [9.17, 15) is 0 Å². The average molecular weight is 324 g/mol. The van der Waals surface area contributed by atoms with Crippen molar-refractivity contribution >= 4 is 15.9 Å². The second-order valence-corrected chi connectivity index (χ2v) is 7.06. The number of hydrogen-bond acceptors (Lipinski definition) is 2. The molecule has 3 heteroatoms. The number of rotatable bonds is 1. The van der Waals surface area contributed by atoms with Crippen LogP contribution in [-0.2, 0) is 0 Å². The Kier molecular flexibility index (Phi) is 3.61. The molecule has 0 saturated heterocycles. The van der Waals surface area contributed by atoms with Gasteiger partial charge < -0.3 is 10.5 Å². The van der Waals surface area contributed by atoms with Gasteiger partial charge in [-0.05, 0) is 37.3 Å². The lowest BCUT2D eigenvalue weighted by atomic mass is 9.72. The minimum atomic E-state index is -0.00780. The van der Waals surface area contributed by atoms with E-state index >= 15 is 0 Å². The number of ether oxygens (including phenoxy) is 1. The standard InChI is InChI=1S/C16H22BrNO/c1-2-11-4-3-7-16(9-11)10-14(18)13-6-5-12(17)8-15(13)19-16/h5-6,8,11,14H,2-4,7,9-10,18H2,1H3/t11?,14-,16?/m0/s1. The Morgan fingerprint density at radius 2 is 2.26 bits per heavy atom. The Labute approximate surface area is 123 Å². The summed E-state index contributed by atoms with van der Waals surface area (Å²) in [6.07, 6.45) is 7.17. The first-order chi connectivity index (χ1) is 9.12. The van der Waals surface area contributed by atoms with Crippen molar-refractivity contribution in [2.45, 2.75) is 57.1 Å². The second kappa shape index (κ2) is 5.10. The molecule has 1 heterocycles. The van der Waals surface area contributed by atoms with Crippen LogP contribution in [0, 0.1) is 5.92 Å². The topological polar surface area (TPSA) is 35.2 Å². The van der Waals surface area contributed by atoms with Crippen molar-refractivity contribution < 1.29 is 4.74 Å². The molecule has 1 aromatic carbocycles. The van der Waals surface area contributed by atoms with Crippen LogP contribution in [0.1, 0.15) is 57.1 Å². The quantitative estimate of drug-likeness (QED) is 0.821. The maximum atomic E-state index is 6.43. The molecule has 3 atom stereocenters. The summed E-state index contributed by atoms with van der Waals surface area (Å²) in [6.45, 7) is 2.29. The molecule has 19 heavy (non-hydrogen) atoms. The van der Waals surface area contributed by atoms with Crippen LogP contribution in [0.5, 0.6) is 5.75 Å². The third-order valence-electron chi connectivity index (χ3n) is 4.78. The Morgan fingerprint density at radius 1 is 1.42 bits per heavy atom. The zero-order valence-corrected chi connectivity index (χ0v) is 13.1. The summed E-state index contributed by atoms with van der Waals surface area (Å²) in [6, 6.07) is 6.34. The van der Waals surface area contributed by atoms with E-state index in [4.69, 9.17) is 10.5 Å². The monoisotopic (exact) mass is 323 g/mol. The van der Waals surface area contributed by atoms with Crippen LogP contribution in [0.25, 0.3) is 0 Å². The molecule has 0 radical (unpaired) electrons. The Bertz CT molecular complexity index is 476. The smallest absolute Gasteiger partial charge is 0.126 e. The predicted molar refractivity (Wildman–Crippen MR) is 81.3 cm³/mol. The molecule has 0 bridgehead atoms. The van der Waals surface area contributed by atoms with Crippen LogP contribution in [0.15, 0.2) is 22.7 Å². The lowest BCUT2D eigenvalue weighted by Crippen LogP contribution is -2.46. The first-order valence-corrected chi connectivity index (χ1v) is 8.15. The van der Waals surface area contributed by atoms with Gasteiger partial charge in [0, 0.05) is 22.5 Å². The molecule has 2 aliphatic rings. The van der Waals surface area contributed by atoms with Gasteiger partial charge in [0.15, 0.2) is 0 Å². The van der Waals surface area contributed by atoms with Crippen LogP contribution in [-0.4, -0.2) is 5.60 Å². The van der Waals surface area contributed by atoms with Gasteiger partial charge in [0.25, 0.3) is 0 Å². The van der Waals surface area contributed by atoms with E-state index in [2.05, 4.69) is 41.1 Å². The predicted octanol–water partition coefficient (Wildman–Crippen LogP) is 4.57. The lowest BCUT2D eigenvalue weighted by molar-refractivity contribution is -0.0176. The van der Waals surface area contributed by atoms with Gasteiger partial charge in [-0.1, -0.05) is 41.8 Å². The summed E-state index contributed by atoms with van der Waals surface area (Å²) in [5.41, 5.74) is 7.55. The summed E-state index contributed by atoms with van der Waals surface area (Å²) in [4.78, 5) is 0. The fourth-order valence-corrected chi connectivity index (χ4v) is 4.10. The van der Waals surface area contributed by atoms with Crippen molar-refractivity contribution in [1.82, 2.24) is 0 Å². The van der Waals surface area contributed by atoms with Crippen molar-refractivity contribution in [3.63, 3.8) is 0 Å². The largest absolute Gasteiger partial charge is 0.487 e.